The van der Waals surface area contributed by atoms with Crippen LogP contribution in [0, 0.1) is 0 Å². The Labute approximate surface area is 204 Å². The van der Waals surface area contributed by atoms with Gasteiger partial charge in [-0.1, -0.05) is 30.3 Å². The Bertz CT molecular complexity index is 1120. The molecule has 0 radical (unpaired) electrons. The van der Waals surface area contributed by atoms with Crippen LogP contribution in [0.3, 0.4) is 0 Å². The van der Waals surface area contributed by atoms with Crippen molar-refractivity contribution in [1.82, 2.24) is 20.7 Å². The molecule has 2 amide bonds. The molecule has 0 aliphatic rings. The van der Waals surface area contributed by atoms with Crippen molar-refractivity contribution in [3.05, 3.63) is 76.3 Å². The first-order valence-electron chi connectivity index (χ1n) is 10.2. The Morgan fingerprint density at radius 2 is 1.94 bits per heavy atom. The minimum atomic E-state index is -0.953. The minimum Gasteiger partial charge on any atom is -0.496 e. The van der Waals surface area contributed by atoms with Gasteiger partial charge >= 0.3 is 6.09 Å². The number of imidazole rings is 1. The van der Waals surface area contributed by atoms with Gasteiger partial charge in [0.2, 0.25) is 0 Å². The van der Waals surface area contributed by atoms with Crippen LogP contribution < -0.4 is 20.2 Å². The van der Waals surface area contributed by atoms with E-state index in [1.54, 1.807) is 25.4 Å². The molecule has 0 fully saturated rings. The first kappa shape index (κ1) is 24.8. The molecule has 0 bridgehead atoms. The van der Waals surface area contributed by atoms with E-state index < -0.39 is 18.0 Å². The Hall–Kier alpha value is -3.86. The second-order valence-electron chi connectivity index (χ2n) is 7.00. The van der Waals surface area contributed by atoms with Crippen LogP contribution >= 0.6 is 15.9 Å². The third-order valence-electron chi connectivity index (χ3n) is 4.68. The molecule has 0 saturated carbocycles. The number of carbonyl (C=O) groups excluding carboxylic acids is 2. The van der Waals surface area contributed by atoms with Crippen molar-refractivity contribution in [2.24, 2.45) is 5.10 Å². The number of benzene rings is 2. The lowest BCUT2D eigenvalue weighted by molar-refractivity contribution is -0.123. The number of aromatic nitrogens is 2. The van der Waals surface area contributed by atoms with Gasteiger partial charge in [0.15, 0.2) is 0 Å². The molecular weight excluding hydrogens is 506 g/mol. The predicted octanol–water partition coefficient (Wildman–Crippen LogP) is 3.18. The van der Waals surface area contributed by atoms with Gasteiger partial charge in [-0.25, -0.2) is 15.2 Å². The summed E-state index contributed by atoms with van der Waals surface area (Å²) >= 11 is 3.41. The van der Waals surface area contributed by atoms with Gasteiger partial charge in [0.1, 0.15) is 24.1 Å². The lowest BCUT2D eigenvalue weighted by Crippen LogP contribution is -2.47. The molecule has 1 aromatic heterocycles. The maximum atomic E-state index is 12.8. The Morgan fingerprint density at radius 3 is 2.62 bits per heavy atom. The highest BCUT2D eigenvalue weighted by atomic mass is 79.9. The number of rotatable bonds is 10. The summed E-state index contributed by atoms with van der Waals surface area (Å²) in [4.78, 5) is 32.0. The van der Waals surface area contributed by atoms with E-state index in [-0.39, 0.29) is 13.0 Å². The monoisotopic (exact) mass is 529 g/mol. The zero-order valence-electron chi connectivity index (χ0n) is 18.6. The third-order valence-corrected chi connectivity index (χ3v) is 5.30. The highest BCUT2D eigenvalue weighted by molar-refractivity contribution is 9.10. The van der Waals surface area contributed by atoms with Gasteiger partial charge < -0.3 is 24.5 Å². The summed E-state index contributed by atoms with van der Waals surface area (Å²) in [7, 11) is 3.06. The van der Waals surface area contributed by atoms with Crippen molar-refractivity contribution in [3.8, 4) is 11.5 Å². The Morgan fingerprint density at radius 1 is 1.18 bits per heavy atom. The van der Waals surface area contributed by atoms with Crippen molar-refractivity contribution >= 4 is 34.1 Å². The molecule has 0 unspecified atom stereocenters. The van der Waals surface area contributed by atoms with Crippen LogP contribution in [0.4, 0.5) is 4.79 Å². The fourth-order valence-electron chi connectivity index (χ4n) is 2.96. The van der Waals surface area contributed by atoms with Crippen molar-refractivity contribution in [3.63, 3.8) is 0 Å². The van der Waals surface area contributed by atoms with E-state index in [1.807, 2.05) is 30.3 Å². The number of hydrogen-bond acceptors (Lipinski definition) is 7. The van der Waals surface area contributed by atoms with E-state index in [0.29, 0.717) is 27.2 Å². The van der Waals surface area contributed by atoms with Gasteiger partial charge in [-0.15, -0.1) is 0 Å². The number of halogens is 1. The number of carbonyl (C=O) groups is 2. The van der Waals surface area contributed by atoms with Crippen molar-refractivity contribution in [2.75, 3.05) is 14.2 Å². The number of hydrogen-bond donors (Lipinski definition) is 3. The summed E-state index contributed by atoms with van der Waals surface area (Å²) in [5, 5.41) is 6.59. The standard InChI is InChI=1S/C23H24BrN5O5/c1-32-20-10-21(33-2)18(24)8-16(20)11-27-29-22(30)19(9-17-12-25-14-26-17)28-23(31)34-13-15-6-4-3-5-7-15/h3-8,10-12,14,19H,9,13H2,1-2H3,(H,25,26)(H,28,31)(H,29,30)/b27-11-/t19-/m0/s1. The molecule has 0 aliphatic carbocycles. The molecule has 0 spiro atoms. The SMILES string of the molecule is COc1cc(OC)c(/C=N\NC(=O)[C@H](Cc2cnc[nH]2)NC(=O)OCc2ccccc2)cc1Br. The van der Waals surface area contributed by atoms with Gasteiger partial charge in [-0.3, -0.25) is 4.79 Å². The van der Waals surface area contributed by atoms with Gasteiger partial charge in [-0.2, -0.15) is 5.10 Å². The quantitative estimate of drug-likeness (QED) is 0.273. The van der Waals surface area contributed by atoms with Gasteiger partial charge in [0.05, 0.1) is 31.2 Å². The molecule has 3 N–H and O–H groups in total. The van der Waals surface area contributed by atoms with Crippen LogP contribution in [-0.4, -0.2) is 48.4 Å². The van der Waals surface area contributed by atoms with Gasteiger partial charge in [0, 0.05) is 29.9 Å². The van der Waals surface area contributed by atoms with E-state index in [9.17, 15) is 9.59 Å². The molecule has 11 heteroatoms. The second-order valence-corrected chi connectivity index (χ2v) is 7.86. The average molecular weight is 530 g/mol. The Balaban J connectivity index is 1.65. The second kappa shape index (κ2) is 12.4. The summed E-state index contributed by atoms with van der Waals surface area (Å²) in [5.41, 5.74) is 4.54. The normalized spacial score (nSPS) is 11.6. The summed E-state index contributed by atoms with van der Waals surface area (Å²) in [5.74, 6) is 0.569. The molecule has 3 aromatic rings. The number of nitrogens with zero attached hydrogens (tertiary/aromatic N) is 2. The number of hydrazone groups is 1. The van der Waals surface area contributed by atoms with E-state index in [4.69, 9.17) is 14.2 Å². The highest BCUT2D eigenvalue weighted by Gasteiger charge is 2.22. The highest BCUT2D eigenvalue weighted by Crippen LogP contribution is 2.31. The fraction of sp³-hybridized carbons (Fsp3) is 0.217. The molecule has 0 aliphatic heterocycles. The number of nitrogens with one attached hydrogen (secondary N) is 3. The van der Waals surface area contributed by atoms with Crippen LogP contribution in [0.15, 0.2) is 64.6 Å². The number of ether oxygens (including phenoxy) is 3. The lowest BCUT2D eigenvalue weighted by atomic mass is 10.1. The van der Waals surface area contributed by atoms with E-state index in [2.05, 4.69) is 41.7 Å². The zero-order valence-corrected chi connectivity index (χ0v) is 20.2. The van der Waals surface area contributed by atoms with Crippen molar-refractivity contribution in [2.45, 2.75) is 19.1 Å². The maximum absolute atomic E-state index is 12.8. The summed E-state index contributed by atoms with van der Waals surface area (Å²) in [6.45, 7) is 0.0787. The molecule has 10 nitrogen and oxygen atoms in total. The molecule has 178 valence electrons. The molecule has 0 saturated heterocycles. The van der Waals surface area contributed by atoms with Crippen LogP contribution in [0.2, 0.25) is 0 Å². The zero-order chi connectivity index (χ0) is 24.3. The first-order valence-corrected chi connectivity index (χ1v) is 11.0. The number of aromatic amines is 1. The van der Waals surface area contributed by atoms with E-state index >= 15 is 0 Å². The third kappa shape index (κ3) is 7.07. The maximum Gasteiger partial charge on any atom is 0.408 e. The van der Waals surface area contributed by atoms with Crippen molar-refractivity contribution in [1.29, 1.82) is 0 Å². The molecule has 2 aromatic carbocycles. The van der Waals surface area contributed by atoms with Gasteiger partial charge in [-0.05, 0) is 27.6 Å². The topological polar surface area (TPSA) is 127 Å². The number of methoxy groups -OCH3 is 2. The minimum absolute atomic E-state index is 0.0787. The predicted molar refractivity (Wildman–Crippen MR) is 129 cm³/mol. The van der Waals surface area contributed by atoms with Gasteiger partial charge in [0.25, 0.3) is 5.91 Å². The van der Waals surface area contributed by atoms with Crippen molar-refractivity contribution < 1.29 is 23.8 Å². The number of alkyl carbamates (subject to hydrolysis) is 1. The van der Waals surface area contributed by atoms with Crippen LogP contribution in [-0.2, 0) is 22.6 Å². The molecule has 1 atom stereocenters. The summed E-state index contributed by atoms with van der Waals surface area (Å²) in [6.07, 6.45) is 3.93. The smallest absolute Gasteiger partial charge is 0.408 e. The largest absolute Gasteiger partial charge is 0.496 e. The molecule has 1 heterocycles. The molecule has 34 heavy (non-hydrogen) atoms. The number of H-pyrrole nitrogens is 1. The van der Waals surface area contributed by atoms with Crippen LogP contribution in [0.5, 0.6) is 11.5 Å². The summed E-state index contributed by atoms with van der Waals surface area (Å²) in [6, 6.07) is 11.7. The Kier molecular flexibility index (Phi) is 9.04. The van der Waals surface area contributed by atoms with Crippen LogP contribution in [0.25, 0.3) is 0 Å². The van der Waals surface area contributed by atoms with E-state index in [0.717, 1.165) is 5.56 Å². The van der Waals surface area contributed by atoms with Crippen LogP contribution in [0.1, 0.15) is 16.8 Å². The van der Waals surface area contributed by atoms with E-state index in [1.165, 1.54) is 19.7 Å². The summed E-state index contributed by atoms with van der Waals surface area (Å²) < 4.78 is 16.5. The molecular formula is C23H24BrN5O5. The lowest BCUT2D eigenvalue weighted by Gasteiger charge is -2.16. The first-order chi connectivity index (χ1) is 16.5. The number of amides is 2. The average Bonchev–Trinajstić information content (AvgIpc) is 3.36. The molecule has 3 rings (SSSR count). The fourth-order valence-corrected chi connectivity index (χ4v) is 3.48.